The van der Waals surface area contributed by atoms with Crippen molar-refractivity contribution >= 4 is 22.9 Å². The number of nitrogens with one attached hydrogen (secondary N) is 1. The molecule has 0 fully saturated rings. The summed E-state index contributed by atoms with van der Waals surface area (Å²) in [6, 6.07) is 24.1. The van der Waals surface area contributed by atoms with E-state index >= 15 is 0 Å². The van der Waals surface area contributed by atoms with E-state index in [1.807, 2.05) is 78.2 Å². The fourth-order valence-corrected chi connectivity index (χ4v) is 4.42. The summed E-state index contributed by atoms with van der Waals surface area (Å²) in [7, 11) is 1.69. The molecule has 0 bridgehead atoms. The first-order chi connectivity index (χ1) is 16.2. The number of benzene rings is 2. The molecule has 0 atom stereocenters. The zero-order chi connectivity index (χ0) is 22.6. The lowest BCUT2D eigenvalue weighted by Gasteiger charge is -2.11. The molecule has 0 aliphatic rings. The Bertz CT molecular complexity index is 1470. The van der Waals surface area contributed by atoms with Crippen molar-refractivity contribution in [2.24, 2.45) is 0 Å². The molecule has 1 N–H and O–H groups in total. The van der Waals surface area contributed by atoms with Gasteiger partial charge in [-0.15, -0.1) is 11.3 Å². The minimum absolute atomic E-state index is 0.602. The molecule has 162 valence electrons. The van der Waals surface area contributed by atoms with E-state index in [1.54, 1.807) is 18.4 Å². The van der Waals surface area contributed by atoms with Gasteiger partial charge in [-0.2, -0.15) is 0 Å². The quantitative estimate of drug-likeness (QED) is 0.345. The minimum atomic E-state index is 0.602. The molecule has 0 radical (unpaired) electrons. The number of nitrogens with zero attached hydrogens (tertiary/aromatic N) is 3. The topological polar surface area (TPSA) is 51.5 Å². The smallest absolute Gasteiger partial charge is 0.236 e. The van der Waals surface area contributed by atoms with Crippen molar-refractivity contribution in [3.05, 3.63) is 101 Å². The van der Waals surface area contributed by atoms with Crippen LogP contribution in [0, 0.1) is 18.8 Å². The number of para-hydroxylation sites is 1. The van der Waals surface area contributed by atoms with Crippen LogP contribution in [0.25, 0.3) is 16.3 Å². The molecule has 0 saturated heterocycles. The summed E-state index contributed by atoms with van der Waals surface area (Å²) in [5, 5.41) is 3.56. The predicted octanol–water partition coefficient (Wildman–Crippen LogP) is 5.79. The van der Waals surface area contributed by atoms with Gasteiger partial charge in [0.25, 0.3) is 0 Å². The van der Waals surface area contributed by atoms with Gasteiger partial charge in [-0.3, -0.25) is 4.40 Å². The number of fused-ring (bicyclic) bond motifs is 1. The SMILES string of the molecule is COc1ccccc1CNc1c(-c2ccc(C#Cc3ccccc3)s2)nc2nc(C)ccn12. The second-order valence-corrected chi connectivity index (χ2v) is 8.58. The molecule has 33 heavy (non-hydrogen) atoms. The average molecular weight is 451 g/mol. The van der Waals surface area contributed by atoms with Crippen LogP contribution < -0.4 is 10.1 Å². The number of hydrogen-bond acceptors (Lipinski definition) is 5. The molecule has 2 aromatic carbocycles. The molecule has 0 aliphatic carbocycles. The van der Waals surface area contributed by atoms with E-state index in [1.165, 1.54) is 0 Å². The van der Waals surface area contributed by atoms with E-state index in [0.29, 0.717) is 12.3 Å². The summed E-state index contributed by atoms with van der Waals surface area (Å²) in [6.07, 6.45) is 2.00. The van der Waals surface area contributed by atoms with Crippen LogP contribution in [0.5, 0.6) is 5.75 Å². The van der Waals surface area contributed by atoms with Gasteiger partial charge in [0.15, 0.2) is 0 Å². The Labute approximate surface area is 196 Å². The molecule has 5 rings (SSSR count). The first kappa shape index (κ1) is 20.8. The van der Waals surface area contributed by atoms with Crippen LogP contribution in [0.1, 0.15) is 21.7 Å². The van der Waals surface area contributed by atoms with E-state index in [9.17, 15) is 0 Å². The highest BCUT2D eigenvalue weighted by Gasteiger charge is 2.17. The van der Waals surface area contributed by atoms with Crippen LogP contribution in [0.2, 0.25) is 0 Å². The van der Waals surface area contributed by atoms with Crippen LogP contribution >= 0.6 is 11.3 Å². The number of methoxy groups -OCH3 is 1. The van der Waals surface area contributed by atoms with Crippen molar-refractivity contribution in [3.8, 4) is 28.2 Å². The molecule has 5 nitrogen and oxygen atoms in total. The van der Waals surface area contributed by atoms with E-state index in [4.69, 9.17) is 9.72 Å². The van der Waals surface area contributed by atoms with Gasteiger partial charge >= 0.3 is 0 Å². The Morgan fingerprint density at radius 3 is 2.61 bits per heavy atom. The monoisotopic (exact) mass is 450 g/mol. The second kappa shape index (κ2) is 9.19. The summed E-state index contributed by atoms with van der Waals surface area (Å²) in [6.45, 7) is 2.57. The number of ether oxygens (including phenoxy) is 1. The number of hydrogen-bond donors (Lipinski definition) is 1. The van der Waals surface area contributed by atoms with E-state index in [2.05, 4.69) is 34.3 Å². The summed E-state index contributed by atoms with van der Waals surface area (Å²) >= 11 is 1.63. The minimum Gasteiger partial charge on any atom is -0.496 e. The second-order valence-electron chi connectivity index (χ2n) is 7.49. The van der Waals surface area contributed by atoms with Crippen molar-refractivity contribution in [2.45, 2.75) is 13.5 Å². The highest BCUT2D eigenvalue weighted by molar-refractivity contribution is 7.16. The van der Waals surface area contributed by atoms with Crippen molar-refractivity contribution in [2.75, 3.05) is 12.4 Å². The standard InChI is InChI=1S/C27H22N4OS/c1-19-16-17-31-26(28-18-21-10-6-7-11-23(21)32-2)25(30-27(31)29-19)24-15-14-22(33-24)13-12-20-8-4-3-5-9-20/h3-11,14-17,28H,18H2,1-2H3. The van der Waals surface area contributed by atoms with Gasteiger partial charge < -0.3 is 10.1 Å². The maximum Gasteiger partial charge on any atom is 0.236 e. The van der Waals surface area contributed by atoms with Crippen molar-refractivity contribution < 1.29 is 4.74 Å². The third-order valence-electron chi connectivity index (χ3n) is 5.22. The number of anilines is 1. The Kier molecular flexibility index (Phi) is 5.79. The lowest BCUT2D eigenvalue weighted by molar-refractivity contribution is 0.410. The Hall–Kier alpha value is -4.08. The van der Waals surface area contributed by atoms with Crippen LogP contribution in [0.15, 0.2) is 79.0 Å². The lowest BCUT2D eigenvalue weighted by Crippen LogP contribution is -2.05. The maximum absolute atomic E-state index is 5.51. The average Bonchev–Trinajstić information content (AvgIpc) is 3.46. The zero-order valence-corrected chi connectivity index (χ0v) is 19.2. The molecule has 0 unspecified atom stereocenters. The van der Waals surface area contributed by atoms with E-state index < -0.39 is 0 Å². The highest BCUT2D eigenvalue weighted by Crippen LogP contribution is 2.34. The van der Waals surface area contributed by atoms with Gasteiger partial charge in [0.2, 0.25) is 5.78 Å². The van der Waals surface area contributed by atoms with Crippen molar-refractivity contribution in [1.82, 2.24) is 14.4 Å². The first-order valence-corrected chi connectivity index (χ1v) is 11.4. The summed E-state index contributed by atoms with van der Waals surface area (Å²) in [5.41, 5.74) is 3.86. The lowest BCUT2D eigenvalue weighted by atomic mass is 10.2. The van der Waals surface area contributed by atoms with Gasteiger partial charge in [0.05, 0.1) is 16.9 Å². The maximum atomic E-state index is 5.51. The molecular formula is C27H22N4OS. The van der Waals surface area contributed by atoms with Crippen LogP contribution in [-0.2, 0) is 6.54 Å². The third-order valence-corrected chi connectivity index (χ3v) is 6.22. The van der Waals surface area contributed by atoms with Crippen LogP contribution in [-0.4, -0.2) is 21.5 Å². The number of aryl methyl sites for hydroxylation is 1. The fraction of sp³-hybridized carbons (Fsp3) is 0.111. The molecule has 6 heteroatoms. The zero-order valence-electron chi connectivity index (χ0n) is 18.4. The van der Waals surface area contributed by atoms with Gasteiger partial charge in [0.1, 0.15) is 17.3 Å². The van der Waals surface area contributed by atoms with Crippen LogP contribution in [0.4, 0.5) is 5.82 Å². The van der Waals surface area contributed by atoms with Gasteiger partial charge in [-0.05, 0) is 43.3 Å². The largest absolute Gasteiger partial charge is 0.496 e. The molecule has 3 aromatic heterocycles. The fourth-order valence-electron chi connectivity index (χ4n) is 3.57. The van der Waals surface area contributed by atoms with E-state index in [-0.39, 0.29) is 0 Å². The third kappa shape index (κ3) is 4.45. The van der Waals surface area contributed by atoms with Gasteiger partial charge in [-0.1, -0.05) is 48.2 Å². The number of rotatable bonds is 5. The van der Waals surface area contributed by atoms with Gasteiger partial charge in [0, 0.05) is 29.6 Å². The molecule has 0 aliphatic heterocycles. The Morgan fingerprint density at radius 1 is 0.939 bits per heavy atom. The highest BCUT2D eigenvalue weighted by atomic mass is 32.1. The summed E-state index contributed by atoms with van der Waals surface area (Å²) in [4.78, 5) is 11.5. The number of aromatic nitrogens is 3. The predicted molar refractivity (Wildman–Crippen MR) is 134 cm³/mol. The molecule has 0 amide bonds. The molecule has 5 aromatic rings. The Morgan fingerprint density at radius 2 is 1.76 bits per heavy atom. The first-order valence-electron chi connectivity index (χ1n) is 10.6. The summed E-state index contributed by atoms with van der Waals surface area (Å²) < 4.78 is 7.50. The molecular weight excluding hydrogens is 428 g/mol. The number of imidazole rings is 1. The van der Waals surface area contributed by atoms with Crippen LogP contribution in [0.3, 0.4) is 0 Å². The number of thiophene rings is 1. The van der Waals surface area contributed by atoms with Crippen molar-refractivity contribution in [3.63, 3.8) is 0 Å². The molecule has 3 heterocycles. The normalized spacial score (nSPS) is 10.6. The van der Waals surface area contributed by atoms with E-state index in [0.717, 1.165) is 43.8 Å². The Balaban J connectivity index is 1.50. The van der Waals surface area contributed by atoms with Crippen molar-refractivity contribution in [1.29, 1.82) is 0 Å². The molecule has 0 spiro atoms. The van der Waals surface area contributed by atoms with Gasteiger partial charge in [-0.25, -0.2) is 9.97 Å². The molecule has 0 saturated carbocycles. The summed E-state index contributed by atoms with van der Waals surface area (Å²) in [5.74, 6) is 8.91.